The molecule has 0 saturated carbocycles. The Balaban J connectivity index is 2.10. The highest BCUT2D eigenvalue weighted by Crippen LogP contribution is 2.22. The van der Waals surface area contributed by atoms with E-state index < -0.39 is 10.5 Å². The number of hydrogen-bond donors (Lipinski definition) is 0. The molecule has 142 valence electrons. The molecule has 0 radical (unpaired) electrons. The Morgan fingerprint density at radius 3 is 2.08 bits per heavy atom. The molecule has 0 aromatic heterocycles. The van der Waals surface area contributed by atoms with Crippen LogP contribution in [-0.4, -0.2) is 57.5 Å². The van der Waals surface area contributed by atoms with E-state index in [-0.39, 0.29) is 29.8 Å². The molecule has 2 atom stereocenters. The van der Waals surface area contributed by atoms with Gasteiger partial charge in [0.15, 0.2) is 0 Å². The van der Waals surface area contributed by atoms with Gasteiger partial charge in [-0.05, 0) is 46.8 Å². The number of amides is 2. The summed E-state index contributed by atoms with van der Waals surface area (Å²) in [6.07, 6.45) is -0.390. The first kappa shape index (κ1) is 19.7. The molecule has 1 saturated heterocycles. The molecule has 2 amide bonds. The van der Waals surface area contributed by atoms with Crippen molar-refractivity contribution in [3.8, 4) is 0 Å². The van der Waals surface area contributed by atoms with Crippen LogP contribution in [-0.2, 0) is 4.74 Å². The van der Waals surface area contributed by atoms with Crippen LogP contribution in [0.15, 0.2) is 24.3 Å². The molecular formula is C18H25N3O5. The van der Waals surface area contributed by atoms with Crippen molar-refractivity contribution in [1.29, 1.82) is 0 Å². The third kappa shape index (κ3) is 4.50. The monoisotopic (exact) mass is 363 g/mol. The van der Waals surface area contributed by atoms with E-state index in [0.29, 0.717) is 18.7 Å². The lowest BCUT2D eigenvalue weighted by Crippen LogP contribution is -2.60. The second kappa shape index (κ2) is 7.31. The number of nitrogens with zero attached hydrogens (tertiary/aromatic N) is 3. The molecule has 1 fully saturated rings. The Bertz CT molecular complexity index is 696. The number of nitro groups is 1. The highest BCUT2D eigenvalue weighted by Gasteiger charge is 2.36. The molecule has 0 aliphatic carbocycles. The van der Waals surface area contributed by atoms with Gasteiger partial charge in [0.05, 0.1) is 4.92 Å². The van der Waals surface area contributed by atoms with Gasteiger partial charge in [0, 0.05) is 42.9 Å². The molecule has 8 heteroatoms. The minimum Gasteiger partial charge on any atom is -0.444 e. The van der Waals surface area contributed by atoms with Gasteiger partial charge in [-0.25, -0.2) is 4.79 Å². The van der Waals surface area contributed by atoms with Crippen molar-refractivity contribution in [2.45, 2.75) is 52.3 Å². The van der Waals surface area contributed by atoms with Crippen molar-refractivity contribution < 1.29 is 19.2 Å². The molecule has 0 N–H and O–H groups in total. The van der Waals surface area contributed by atoms with Crippen molar-refractivity contribution >= 4 is 17.7 Å². The van der Waals surface area contributed by atoms with E-state index in [1.807, 2.05) is 34.6 Å². The summed E-state index contributed by atoms with van der Waals surface area (Å²) in [5.41, 5.74) is -0.246. The first-order valence-electron chi connectivity index (χ1n) is 8.54. The van der Waals surface area contributed by atoms with Crippen LogP contribution in [0, 0.1) is 10.1 Å². The van der Waals surface area contributed by atoms with E-state index in [9.17, 15) is 19.7 Å². The second-order valence-corrected chi connectivity index (χ2v) is 7.59. The van der Waals surface area contributed by atoms with Gasteiger partial charge in [0.25, 0.3) is 11.6 Å². The smallest absolute Gasteiger partial charge is 0.410 e. The van der Waals surface area contributed by atoms with Crippen LogP contribution in [0.1, 0.15) is 45.0 Å². The van der Waals surface area contributed by atoms with E-state index in [1.54, 1.807) is 9.80 Å². The van der Waals surface area contributed by atoms with Crippen molar-refractivity contribution in [3.63, 3.8) is 0 Å². The summed E-state index contributed by atoms with van der Waals surface area (Å²) < 4.78 is 5.43. The Kier molecular flexibility index (Phi) is 5.53. The van der Waals surface area contributed by atoms with Crippen LogP contribution in [0.3, 0.4) is 0 Å². The fraction of sp³-hybridized carbons (Fsp3) is 0.556. The van der Waals surface area contributed by atoms with Gasteiger partial charge in [0.2, 0.25) is 0 Å². The fourth-order valence-corrected chi connectivity index (χ4v) is 2.88. The number of rotatable bonds is 2. The number of piperazine rings is 1. The van der Waals surface area contributed by atoms with E-state index in [0.717, 1.165) is 0 Å². The number of benzene rings is 1. The highest BCUT2D eigenvalue weighted by atomic mass is 16.6. The molecule has 1 aliphatic heterocycles. The molecule has 2 unspecified atom stereocenters. The van der Waals surface area contributed by atoms with Crippen molar-refractivity contribution in [1.82, 2.24) is 9.80 Å². The average molecular weight is 363 g/mol. The first-order chi connectivity index (χ1) is 12.0. The molecule has 1 aliphatic rings. The van der Waals surface area contributed by atoms with Gasteiger partial charge in [-0.2, -0.15) is 0 Å². The second-order valence-electron chi connectivity index (χ2n) is 7.59. The van der Waals surface area contributed by atoms with Crippen LogP contribution >= 0.6 is 0 Å². The molecule has 0 spiro atoms. The van der Waals surface area contributed by atoms with E-state index in [2.05, 4.69) is 0 Å². The molecule has 1 aromatic carbocycles. The van der Waals surface area contributed by atoms with Crippen LogP contribution in [0.4, 0.5) is 10.5 Å². The maximum Gasteiger partial charge on any atom is 0.410 e. The number of carbonyl (C=O) groups excluding carboxylic acids is 2. The molecule has 2 rings (SSSR count). The average Bonchev–Trinajstić information content (AvgIpc) is 2.54. The number of carbonyl (C=O) groups is 2. The zero-order chi connectivity index (χ0) is 19.6. The Hall–Kier alpha value is -2.64. The summed E-state index contributed by atoms with van der Waals surface area (Å²) >= 11 is 0. The molecular weight excluding hydrogens is 338 g/mol. The number of non-ortho nitro benzene ring substituents is 1. The van der Waals surface area contributed by atoms with Crippen LogP contribution in [0.2, 0.25) is 0 Å². The van der Waals surface area contributed by atoms with Gasteiger partial charge >= 0.3 is 6.09 Å². The summed E-state index contributed by atoms with van der Waals surface area (Å²) in [5, 5.41) is 10.7. The van der Waals surface area contributed by atoms with Gasteiger partial charge in [0.1, 0.15) is 5.60 Å². The zero-order valence-corrected chi connectivity index (χ0v) is 15.8. The SMILES string of the molecule is CC1CN(C(=O)c2ccc([N+](=O)[O-])cc2)C(C)CN1C(=O)OC(C)(C)C. The predicted octanol–water partition coefficient (Wildman–Crippen LogP) is 3.06. The summed E-state index contributed by atoms with van der Waals surface area (Å²) in [4.78, 5) is 38.7. The minimum atomic E-state index is -0.578. The first-order valence-corrected chi connectivity index (χ1v) is 8.54. The lowest BCUT2D eigenvalue weighted by atomic mass is 10.1. The number of hydrogen-bond acceptors (Lipinski definition) is 5. The number of nitro benzene ring substituents is 1. The zero-order valence-electron chi connectivity index (χ0n) is 15.8. The van der Waals surface area contributed by atoms with Crippen LogP contribution in [0.25, 0.3) is 0 Å². The third-order valence-electron chi connectivity index (χ3n) is 4.20. The summed E-state index contributed by atoms with van der Waals surface area (Å²) in [7, 11) is 0. The Morgan fingerprint density at radius 2 is 1.58 bits per heavy atom. The van der Waals surface area contributed by atoms with Crippen molar-refractivity contribution in [3.05, 3.63) is 39.9 Å². The van der Waals surface area contributed by atoms with E-state index in [4.69, 9.17) is 4.74 Å². The summed E-state index contributed by atoms with van der Waals surface area (Å²) in [5.74, 6) is -0.205. The third-order valence-corrected chi connectivity index (χ3v) is 4.20. The van der Waals surface area contributed by atoms with Gasteiger partial charge in [-0.15, -0.1) is 0 Å². The largest absolute Gasteiger partial charge is 0.444 e. The maximum atomic E-state index is 12.8. The molecule has 8 nitrogen and oxygen atoms in total. The van der Waals surface area contributed by atoms with E-state index in [1.165, 1.54) is 24.3 Å². The van der Waals surface area contributed by atoms with Gasteiger partial charge in [-0.1, -0.05) is 0 Å². The highest BCUT2D eigenvalue weighted by molar-refractivity contribution is 5.94. The number of ether oxygens (including phenoxy) is 1. The summed E-state index contributed by atoms with van der Waals surface area (Å²) in [6.45, 7) is 9.91. The summed E-state index contributed by atoms with van der Waals surface area (Å²) in [6, 6.07) is 5.16. The van der Waals surface area contributed by atoms with Crippen molar-refractivity contribution in [2.24, 2.45) is 0 Å². The minimum absolute atomic E-state index is 0.0577. The lowest BCUT2D eigenvalue weighted by Gasteiger charge is -2.44. The van der Waals surface area contributed by atoms with Crippen LogP contribution in [0.5, 0.6) is 0 Å². The van der Waals surface area contributed by atoms with Gasteiger partial charge in [-0.3, -0.25) is 14.9 Å². The van der Waals surface area contributed by atoms with Crippen LogP contribution < -0.4 is 0 Å². The normalized spacial score (nSPS) is 20.7. The Morgan fingerprint density at radius 1 is 1.08 bits per heavy atom. The fourth-order valence-electron chi connectivity index (χ4n) is 2.88. The standard InChI is InChI=1S/C18H25N3O5/c1-12-11-20(17(23)26-18(3,4)5)13(2)10-19(12)16(22)14-6-8-15(9-7-14)21(24)25/h6-9,12-13H,10-11H2,1-5H3. The topological polar surface area (TPSA) is 93.0 Å². The Labute approximate surface area is 152 Å². The van der Waals surface area contributed by atoms with Crippen molar-refractivity contribution in [2.75, 3.05) is 13.1 Å². The lowest BCUT2D eigenvalue weighted by molar-refractivity contribution is -0.384. The quantitative estimate of drug-likeness (QED) is 0.595. The predicted molar refractivity (Wildman–Crippen MR) is 96.0 cm³/mol. The molecule has 1 heterocycles. The van der Waals surface area contributed by atoms with E-state index >= 15 is 0 Å². The molecule has 0 bridgehead atoms. The maximum absolute atomic E-state index is 12.8. The van der Waals surface area contributed by atoms with Gasteiger partial charge < -0.3 is 14.5 Å². The molecule has 1 aromatic rings. The molecule has 26 heavy (non-hydrogen) atoms.